The van der Waals surface area contributed by atoms with E-state index in [1.54, 1.807) is 4.57 Å². The molecule has 3 heteroatoms. The second kappa shape index (κ2) is 6.95. The molecule has 1 aromatic heterocycles. The van der Waals surface area contributed by atoms with Crippen molar-refractivity contribution in [2.24, 2.45) is 7.05 Å². The molecular weight excluding hydrogens is 356 g/mol. The van der Waals surface area contributed by atoms with Gasteiger partial charge in [0.2, 0.25) is 0 Å². The highest BCUT2D eigenvalue weighted by Gasteiger charge is 2.14. The van der Waals surface area contributed by atoms with Crippen LogP contribution in [0.2, 0.25) is 0 Å². The standard InChI is InChI=1S/C26H20N2O/c1-28-24-15-9-8-14-21(24)22-16-19(18-10-4-2-5-11-18)17-23(25(22)26(28)29)27-20-12-6-3-7-13-20/h2-17,27H,1H3. The van der Waals surface area contributed by atoms with Crippen molar-refractivity contribution in [2.45, 2.75) is 0 Å². The third-order valence-electron chi connectivity index (χ3n) is 5.37. The number of hydrogen-bond acceptors (Lipinski definition) is 2. The van der Waals surface area contributed by atoms with Gasteiger partial charge < -0.3 is 9.88 Å². The molecule has 0 bridgehead atoms. The van der Waals surface area contributed by atoms with Gasteiger partial charge in [0.25, 0.3) is 5.56 Å². The van der Waals surface area contributed by atoms with Crippen LogP contribution in [-0.2, 0) is 7.05 Å². The van der Waals surface area contributed by atoms with E-state index in [1.807, 2.05) is 73.8 Å². The molecule has 5 aromatic rings. The molecule has 0 spiro atoms. The van der Waals surface area contributed by atoms with Crippen molar-refractivity contribution in [3.63, 3.8) is 0 Å². The Hall–Kier alpha value is -3.85. The quantitative estimate of drug-likeness (QED) is 0.386. The molecule has 0 atom stereocenters. The fourth-order valence-corrected chi connectivity index (χ4v) is 3.93. The molecule has 140 valence electrons. The lowest BCUT2D eigenvalue weighted by molar-refractivity contribution is 0.918. The third kappa shape index (κ3) is 2.97. The van der Waals surface area contributed by atoms with Gasteiger partial charge in [0.05, 0.1) is 16.6 Å². The number of nitrogens with zero attached hydrogens (tertiary/aromatic N) is 1. The van der Waals surface area contributed by atoms with E-state index in [2.05, 4.69) is 35.6 Å². The van der Waals surface area contributed by atoms with Gasteiger partial charge in [-0.1, -0.05) is 66.7 Å². The predicted molar refractivity (Wildman–Crippen MR) is 122 cm³/mol. The van der Waals surface area contributed by atoms with E-state index >= 15 is 0 Å². The van der Waals surface area contributed by atoms with Gasteiger partial charge in [-0.25, -0.2) is 0 Å². The fourth-order valence-electron chi connectivity index (χ4n) is 3.93. The molecule has 0 aliphatic heterocycles. The van der Waals surface area contributed by atoms with E-state index in [0.29, 0.717) is 5.39 Å². The van der Waals surface area contributed by atoms with Crippen molar-refractivity contribution in [1.29, 1.82) is 0 Å². The molecule has 4 aromatic carbocycles. The number of benzene rings is 4. The second-order valence-electron chi connectivity index (χ2n) is 7.18. The van der Waals surface area contributed by atoms with Crippen LogP contribution in [0.1, 0.15) is 0 Å². The molecule has 0 unspecified atom stereocenters. The first-order chi connectivity index (χ1) is 14.2. The largest absolute Gasteiger partial charge is 0.355 e. The molecule has 0 aliphatic carbocycles. The highest BCUT2D eigenvalue weighted by molar-refractivity contribution is 6.12. The van der Waals surface area contributed by atoms with Crippen molar-refractivity contribution in [1.82, 2.24) is 4.57 Å². The Labute approximate surface area is 168 Å². The van der Waals surface area contributed by atoms with Gasteiger partial charge >= 0.3 is 0 Å². The molecule has 0 saturated carbocycles. The van der Waals surface area contributed by atoms with Crippen LogP contribution in [0.25, 0.3) is 32.8 Å². The highest BCUT2D eigenvalue weighted by atomic mass is 16.1. The molecule has 0 fully saturated rings. The van der Waals surface area contributed by atoms with Gasteiger partial charge in [0.15, 0.2) is 0 Å². The first-order valence-electron chi connectivity index (χ1n) is 9.65. The van der Waals surface area contributed by atoms with Gasteiger partial charge in [-0.05, 0) is 46.8 Å². The lowest BCUT2D eigenvalue weighted by Gasteiger charge is -2.16. The van der Waals surface area contributed by atoms with Crippen LogP contribution < -0.4 is 10.9 Å². The molecule has 1 N–H and O–H groups in total. The van der Waals surface area contributed by atoms with Crippen molar-refractivity contribution < 1.29 is 0 Å². The van der Waals surface area contributed by atoms with Crippen molar-refractivity contribution in [2.75, 3.05) is 5.32 Å². The zero-order chi connectivity index (χ0) is 19.8. The fraction of sp³-hybridized carbons (Fsp3) is 0.0385. The summed E-state index contributed by atoms with van der Waals surface area (Å²) in [6, 6.07) is 32.5. The number of pyridine rings is 1. The number of hydrogen-bond donors (Lipinski definition) is 1. The summed E-state index contributed by atoms with van der Waals surface area (Å²) in [6.45, 7) is 0. The van der Waals surface area contributed by atoms with E-state index in [0.717, 1.165) is 38.8 Å². The SMILES string of the molecule is Cn1c(=O)c2c(Nc3ccccc3)cc(-c3ccccc3)cc2c2ccccc21. The van der Waals surface area contributed by atoms with Crippen molar-refractivity contribution >= 4 is 33.1 Å². The summed E-state index contributed by atoms with van der Waals surface area (Å²) >= 11 is 0. The minimum atomic E-state index is -0.00302. The zero-order valence-corrected chi connectivity index (χ0v) is 16.1. The first kappa shape index (κ1) is 17.3. The summed E-state index contributed by atoms with van der Waals surface area (Å²) in [5, 5.41) is 6.21. The Balaban J connectivity index is 1.89. The number of rotatable bonds is 3. The average Bonchev–Trinajstić information content (AvgIpc) is 2.78. The first-order valence-corrected chi connectivity index (χ1v) is 9.65. The number of aromatic nitrogens is 1. The molecule has 0 saturated heterocycles. The predicted octanol–water partition coefficient (Wildman–Crippen LogP) is 6.10. The van der Waals surface area contributed by atoms with E-state index in [-0.39, 0.29) is 5.56 Å². The lowest BCUT2D eigenvalue weighted by Crippen LogP contribution is -2.18. The van der Waals surface area contributed by atoms with Gasteiger partial charge in [0, 0.05) is 18.1 Å². The molecule has 0 radical (unpaired) electrons. The molecular formula is C26H20N2O. The molecule has 3 nitrogen and oxygen atoms in total. The number of nitrogens with one attached hydrogen (secondary N) is 1. The van der Waals surface area contributed by atoms with Crippen LogP contribution in [0, 0.1) is 0 Å². The summed E-state index contributed by atoms with van der Waals surface area (Å²) in [5.74, 6) is 0. The molecule has 29 heavy (non-hydrogen) atoms. The molecule has 0 amide bonds. The maximum atomic E-state index is 13.3. The van der Waals surface area contributed by atoms with Gasteiger partial charge in [-0.2, -0.15) is 0 Å². The highest BCUT2D eigenvalue weighted by Crippen LogP contribution is 2.34. The smallest absolute Gasteiger partial charge is 0.260 e. The topological polar surface area (TPSA) is 34.0 Å². The van der Waals surface area contributed by atoms with Crippen LogP contribution in [-0.4, -0.2) is 4.57 Å². The Morgan fingerprint density at radius 2 is 1.34 bits per heavy atom. The van der Waals surface area contributed by atoms with Crippen LogP contribution in [0.3, 0.4) is 0 Å². The Morgan fingerprint density at radius 1 is 0.690 bits per heavy atom. The maximum Gasteiger partial charge on any atom is 0.260 e. The van der Waals surface area contributed by atoms with Crippen LogP contribution in [0.4, 0.5) is 11.4 Å². The number of fused-ring (bicyclic) bond motifs is 3. The van der Waals surface area contributed by atoms with Crippen LogP contribution in [0.5, 0.6) is 0 Å². The van der Waals surface area contributed by atoms with Crippen LogP contribution >= 0.6 is 0 Å². The Morgan fingerprint density at radius 3 is 2.10 bits per heavy atom. The normalized spacial score (nSPS) is 11.1. The Kier molecular flexibility index (Phi) is 4.14. The summed E-state index contributed by atoms with van der Waals surface area (Å²) in [7, 11) is 1.83. The summed E-state index contributed by atoms with van der Waals surface area (Å²) in [5.41, 5.74) is 4.90. The molecule has 0 aliphatic rings. The minimum absolute atomic E-state index is 0.00302. The zero-order valence-electron chi connectivity index (χ0n) is 16.1. The number of para-hydroxylation sites is 2. The third-order valence-corrected chi connectivity index (χ3v) is 5.37. The van der Waals surface area contributed by atoms with Crippen molar-refractivity contribution in [3.8, 4) is 11.1 Å². The van der Waals surface area contributed by atoms with E-state index in [4.69, 9.17) is 0 Å². The molecule has 5 rings (SSSR count). The van der Waals surface area contributed by atoms with Crippen molar-refractivity contribution in [3.05, 3.63) is 107 Å². The van der Waals surface area contributed by atoms with Gasteiger partial charge in [0.1, 0.15) is 0 Å². The van der Waals surface area contributed by atoms with Gasteiger partial charge in [-0.3, -0.25) is 4.79 Å². The minimum Gasteiger partial charge on any atom is -0.355 e. The summed E-state index contributed by atoms with van der Waals surface area (Å²) in [4.78, 5) is 13.3. The maximum absolute atomic E-state index is 13.3. The monoisotopic (exact) mass is 376 g/mol. The summed E-state index contributed by atoms with van der Waals surface area (Å²) in [6.07, 6.45) is 0. The summed E-state index contributed by atoms with van der Waals surface area (Å²) < 4.78 is 1.73. The van der Waals surface area contributed by atoms with E-state index < -0.39 is 0 Å². The van der Waals surface area contributed by atoms with Gasteiger partial charge in [-0.15, -0.1) is 0 Å². The van der Waals surface area contributed by atoms with Crippen LogP contribution in [0.15, 0.2) is 102 Å². The van der Waals surface area contributed by atoms with E-state index in [1.165, 1.54) is 0 Å². The Bertz CT molecular complexity index is 1390. The number of aryl methyl sites for hydroxylation is 1. The second-order valence-corrected chi connectivity index (χ2v) is 7.18. The van der Waals surface area contributed by atoms with E-state index in [9.17, 15) is 4.79 Å². The molecule has 1 heterocycles. The lowest BCUT2D eigenvalue weighted by atomic mass is 9.97. The number of anilines is 2. The average molecular weight is 376 g/mol.